The molecule has 134 valence electrons. The third-order valence-corrected chi connectivity index (χ3v) is 3.84. The van der Waals surface area contributed by atoms with E-state index in [0.29, 0.717) is 30.8 Å². The van der Waals surface area contributed by atoms with Crippen LogP contribution in [0.1, 0.15) is 21.5 Å². The summed E-state index contributed by atoms with van der Waals surface area (Å²) in [7, 11) is 0. The summed E-state index contributed by atoms with van der Waals surface area (Å²) in [6, 6.07) is 14.3. The Morgan fingerprint density at radius 2 is 1.84 bits per heavy atom. The van der Waals surface area contributed by atoms with Crippen molar-refractivity contribution in [3.8, 4) is 0 Å². The minimum atomic E-state index is -0.448. The molecule has 0 radical (unpaired) electrons. The largest absolute Gasteiger partial charge is 0.337 e. The zero-order valence-electron chi connectivity index (χ0n) is 14.1. The number of carbonyl (C=O) groups excluding carboxylic acids is 1. The van der Waals surface area contributed by atoms with Gasteiger partial charge in [0.1, 0.15) is 0 Å². The number of nitro benzene ring substituents is 1. The maximum absolute atomic E-state index is 12.7. The number of nitrogens with two attached hydrogens (primary N) is 1. The molecule has 0 aliphatic carbocycles. The molecule has 25 heavy (non-hydrogen) atoms. The zero-order chi connectivity index (χ0) is 17.5. The Morgan fingerprint density at radius 1 is 1.16 bits per heavy atom. The molecule has 2 aromatic rings. The van der Waals surface area contributed by atoms with Crippen molar-refractivity contribution in [3.63, 3.8) is 0 Å². The van der Waals surface area contributed by atoms with Crippen LogP contribution in [0.4, 0.5) is 5.69 Å². The number of benzene rings is 2. The molecule has 2 aromatic carbocycles. The molecular formula is C18H22ClN3O3. The summed E-state index contributed by atoms with van der Waals surface area (Å²) in [6.45, 7) is 3.00. The molecular weight excluding hydrogens is 342 g/mol. The van der Waals surface area contributed by atoms with Gasteiger partial charge in [0.25, 0.3) is 11.6 Å². The molecule has 0 fully saturated rings. The van der Waals surface area contributed by atoms with Crippen LogP contribution in [0, 0.1) is 17.0 Å². The van der Waals surface area contributed by atoms with E-state index >= 15 is 0 Å². The summed E-state index contributed by atoms with van der Waals surface area (Å²) < 4.78 is 0. The number of rotatable bonds is 7. The lowest BCUT2D eigenvalue weighted by Crippen LogP contribution is -2.37. The molecule has 6 nitrogen and oxygen atoms in total. The lowest BCUT2D eigenvalue weighted by molar-refractivity contribution is -0.385. The number of carbonyl (C=O) groups is 1. The van der Waals surface area contributed by atoms with Gasteiger partial charge in [0.2, 0.25) is 0 Å². The second-order valence-corrected chi connectivity index (χ2v) is 5.57. The fourth-order valence-electron chi connectivity index (χ4n) is 2.56. The highest BCUT2D eigenvalue weighted by Gasteiger charge is 2.18. The van der Waals surface area contributed by atoms with E-state index < -0.39 is 4.92 Å². The van der Waals surface area contributed by atoms with Crippen molar-refractivity contribution >= 4 is 24.0 Å². The second-order valence-electron chi connectivity index (χ2n) is 5.57. The first kappa shape index (κ1) is 20.6. The molecule has 2 rings (SSSR count). The predicted molar refractivity (Wildman–Crippen MR) is 100 cm³/mol. The quantitative estimate of drug-likeness (QED) is 0.605. The fraction of sp³-hybridized carbons (Fsp3) is 0.278. The van der Waals surface area contributed by atoms with Gasteiger partial charge in [-0.1, -0.05) is 30.3 Å². The SMILES string of the molecule is Cc1cc(C(=O)N(CCN)CCc2ccccc2)ccc1[N+](=O)[O-].Cl. The minimum Gasteiger partial charge on any atom is -0.337 e. The lowest BCUT2D eigenvalue weighted by atomic mass is 10.1. The van der Waals surface area contributed by atoms with Gasteiger partial charge in [-0.2, -0.15) is 0 Å². The molecule has 0 unspecified atom stereocenters. The smallest absolute Gasteiger partial charge is 0.272 e. The highest BCUT2D eigenvalue weighted by Crippen LogP contribution is 2.19. The Kier molecular flexibility index (Phi) is 8.04. The van der Waals surface area contributed by atoms with E-state index in [2.05, 4.69) is 0 Å². The van der Waals surface area contributed by atoms with E-state index in [0.717, 1.165) is 12.0 Å². The molecule has 0 saturated heterocycles. The first-order valence-corrected chi connectivity index (χ1v) is 7.81. The van der Waals surface area contributed by atoms with Crippen molar-refractivity contribution in [2.24, 2.45) is 5.73 Å². The Hall–Kier alpha value is -2.44. The third kappa shape index (κ3) is 5.55. The van der Waals surface area contributed by atoms with Crippen molar-refractivity contribution < 1.29 is 9.72 Å². The maximum Gasteiger partial charge on any atom is 0.272 e. The van der Waals surface area contributed by atoms with Gasteiger partial charge in [0.05, 0.1) is 4.92 Å². The van der Waals surface area contributed by atoms with Crippen molar-refractivity contribution in [2.75, 3.05) is 19.6 Å². The second kappa shape index (κ2) is 9.76. The van der Waals surface area contributed by atoms with Gasteiger partial charge >= 0.3 is 0 Å². The Balaban J connectivity index is 0.00000312. The van der Waals surface area contributed by atoms with Crippen LogP contribution in [-0.2, 0) is 6.42 Å². The van der Waals surface area contributed by atoms with E-state index in [-0.39, 0.29) is 24.0 Å². The maximum atomic E-state index is 12.7. The van der Waals surface area contributed by atoms with Crippen molar-refractivity contribution in [3.05, 3.63) is 75.3 Å². The van der Waals surface area contributed by atoms with Crippen molar-refractivity contribution in [2.45, 2.75) is 13.3 Å². The molecule has 1 amide bonds. The van der Waals surface area contributed by atoms with E-state index in [4.69, 9.17) is 5.73 Å². The van der Waals surface area contributed by atoms with Crippen LogP contribution in [0.2, 0.25) is 0 Å². The van der Waals surface area contributed by atoms with Crippen LogP contribution in [0.25, 0.3) is 0 Å². The number of amides is 1. The van der Waals surface area contributed by atoms with Crippen molar-refractivity contribution in [1.29, 1.82) is 0 Å². The molecule has 0 aliphatic rings. The molecule has 0 aliphatic heterocycles. The van der Waals surface area contributed by atoms with Gasteiger partial charge < -0.3 is 10.6 Å². The third-order valence-electron chi connectivity index (χ3n) is 3.84. The summed E-state index contributed by atoms with van der Waals surface area (Å²) in [4.78, 5) is 24.8. The van der Waals surface area contributed by atoms with Gasteiger partial charge in [0, 0.05) is 36.8 Å². The van der Waals surface area contributed by atoms with Crippen LogP contribution in [-0.4, -0.2) is 35.4 Å². The van der Waals surface area contributed by atoms with Gasteiger partial charge in [-0.15, -0.1) is 12.4 Å². The first-order chi connectivity index (χ1) is 11.5. The number of halogens is 1. The normalized spacial score (nSPS) is 10.0. The highest BCUT2D eigenvalue weighted by molar-refractivity contribution is 5.94. The average Bonchev–Trinajstić information content (AvgIpc) is 2.58. The van der Waals surface area contributed by atoms with E-state index in [1.807, 2.05) is 30.3 Å². The Morgan fingerprint density at radius 3 is 2.40 bits per heavy atom. The Labute approximate surface area is 153 Å². The fourth-order valence-corrected chi connectivity index (χ4v) is 2.56. The number of hydrogen-bond acceptors (Lipinski definition) is 4. The van der Waals surface area contributed by atoms with E-state index in [1.54, 1.807) is 17.9 Å². The standard InChI is InChI=1S/C18H21N3O3.ClH/c1-14-13-16(7-8-17(14)21(23)24)18(22)20(12-10-19)11-9-15-5-3-2-4-6-15;/h2-8,13H,9-12,19H2,1H3;1H. The van der Waals surface area contributed by atoms with E-state index in [1.165, 1.54) is 12.1 Å². The van der Waals surface area contributed by atoms with Crippen LogP contribution >= 0.6 is 12.4 Å². The summed E-state index contributed by atoms with van der Waals surface area (Å²) >= 11 is 0. The van der Waals surface area contributed by atoms with Gasteiger partial charge in [0.15, 0.2) is 0 Å². The summed E-state index contributed by atoms with van der Waals surface area (Å²) in [5, 5.41) is 10.9. The van der Waals surface area contributed by atoms with Gasteiger partial charge in [-0.3, -0.25) is 14.9 Å². The average molecular weight is 364 g/mol. The summed E-state index contributed by atoms with van der Waals surface area (Å²) in [6.07, 6.45) is 0.735. The topological polar surface area (TPSA) is 89.5 Å². The van der Waals surface area contributed by atoms with E-state index in [9.17, 15) is 14.9 Å². The van der Waals surface area contributed by atoms with Crippen LogP contribution in [0.5, 0.6) is 0 Å². The molecule has 0 atom stereocenters. The minimum absolute atomic E-state index is 0. The number of nitro groups is 1. The number of hydrogen-bond donors (Lipinski definition) is 1. The molecule has 0 heterocycles. The molecule has 7 heteroatoms. The number of aryl methyl sites for hydroxylation is 1. The molecule has 0 spiro atoms. The molecule has 0 bridgehead atoms. The summed E-state index contributed by atoms with van der Waals surface area (Å²) in [5.74, 6) is -0.158. The van der Waals surface area contributed by atoms with Crippen LogP contribution < -0.4 is 5.73 Å². The van der Waals surface area contributed by atoms with Gasteiger partial charge in [-0.25, -0.2) is 0 Å². The van der Waals surface area contributed by atoms with Crippen molar-refractivity contribution in [1.82, 2.24) is 4.90 Å². The van der Waals surface area contributed by atoms with Crippen LogP contribution in [0.3, 0.4) is 0 Å². The predicted octanol–water partition coefficient (Wildman–Crippen LogP) is 2.97. The van der Waals surface area contributed by atoms with Crippen LogP contribution in [0.15, 0.2) is 48.5 Å². The monoisotopic (exact) mass is 363 g/mol. The zero-order valence-corrected chi connectivity index (χ0v) is 14.9. The molecule has 2 N–H and O–H groups in total. The van der Waals surface area contributed by atoms with Gasteiger partial charge in [-0.05, 0) is 31.0 Å². The Bertz CT molecular complexity index is 723. The molecule has 0 saturated carbocycles. The number of nitrogens with zero attached hydrogens (tertiary/aromatic N) is 2. The lowest BCUT2D eigenvalue weighted by Gasteiger charge is -2.22. The summed E-state index contributed by atoms with van der Waals surface area (Å²) in [5.41, 5.74) is 7.70. The first-order valence-electron chi connectivity index (χ1n) is 7.81. The highest BCUT2D eigenvalue weighted by atomic mass is 35.5. The molecule has 0 aromatic heterocycles.